The molecule has 2 fully saturated rings. The minimum atomic E-state index is -0.639. The molecule has 114 valence electrons. The average molecular weight is 292 g/mol. The molecule has 0 aromatic heterocycles. The molecule has 4 nitrogen and oxygen atoms in total. The number of aryl methyl sites for hydroxylation is 1. The Kier molecular flexibility index (Phi) is 3.61. The summed E-state index contributed by atoms with van der Waals surface area (Å²) in [4.78, 5) is 11.9. The highest BCUT2D eigenvalue weighted by Gasteiger charge is 2.47. The molecule has 1 amide bonds. The first-order valence-corrected chi connectivity index (χ1v) is 7.49. The van der Waals surface area contributed by atoms with E-state index >= 15 is 0 Å². The number of benzene rings is 1. The molecular weight excluding hydrogens is 271 g/mol. The van der Waals surface area contributed by atoms with E-state index in [0.29, 0.717) is 24.6 Å². The van der Waals surface area contributed by atoms with Crippen molar-refractivity contribution in [2.75, 3.05) is 0 Å². The zero-order chi connectivity index (χ0) is 15.0. The van der Waals surface area contributed by atoms with Crippen LogP contribution in [0.5, 0.6) is 5.75 Å². The van der Waals surface area contributed by atoms with E-state index in [1.165, 1.54) is 12.1 Å². The number of amides is 1. The predicted octanol–water partition coefficient (Wildman–Crippen LogP) is 2.04. The molecule has 0 spiro atoms. The highest BCUT2D eigenvalue weighted by molar-refractivity contribution is 5.85. The Morgan fingerprint density at radius 3 is 2.81 bits per heavy atom. The smallest absolute Gasteiger partial charge is 0.237 e. The van der Waals surface area contributed by atoms with Crippen molar-refractivity contribution in [3.8, 4) is 5.75 Å². The van der Waals surface area contributed by atoms with E-state index < -0.39 is 5.54 Å². The number of carbonyl (C=O) groups is 1. The maximum atomic E-state index is 13.1. The van der Waals surface area contributed by atoms with Crippen LogP contribution in [0, 0.1) is 12.7 Å². The number of ether oxygens (including phenoxy) is 1. The molecule has 5 heteroatoms. The third kappa shape index (κ3) is 3.02. The van der Waals surface area contributed by atoms with E-state index in [1.54, 1.807) is 6.07 Å². The molecule has 0 aliphatic heterocycles. The molecule has 3 N–H and O–H groups in total. The molecule has 2 aliphatic carbocycles. The Bertz CT molecular complexity index is 559. The zero-order valence-corrected chi connectivity index (χ0v) is 12.2. The topological polar surface area (TPSA) is 64.3 Å². The Balaban J connectivity index is 1.69. The number of carbonyl (C=O) groups excluding carboxylic acids is 1. The lowest BCUT2D eigenvalue weighted by molar-refractivity contribution is -0.124. The molecule has 2 saturated carbocycles. The Morgan fingerprint density at radius 1 is 1.43 bits per heavy atom. The van der Waals surface area contributed by atoms with E-state index in [4.69, 9.17) is 10.5 Å². The van der Waals surface area contributed by atoms with Gasteiger partial charge in [-0.15, -0.1) is 0 Å². The van der Waals surface area contributed by atoms with Crippen LogP contribution in [0.1, 0.15) is 37.7 Å². The van der Waals surface area contributed by atoms with Crippen LogP contribution >= 0.6 is 0 Å². The summed E-state index contributed by atoms with van der Waals surface area (Å²) in [5, 5.41) is 3.39. The fourth-order valence-electron chi connectivity index (χ4n) is 3.07. The van der Waals surface area contributed by atoms with Gasteiger partial charge in [-0.1, -0.05) is 0 Å². The van der Waals surface area contributed by atoms with Crippen LogP contribution in [0.15, 0.2) is 18.2 Å². The summed E-state index contributed by atoms with van der Waals surface area (Å²) in [6.45, 7) is 1.82. The second-order valence-corrected chi connectivity index (χ2v) is 6.26. The summed E-state index contributed by atoms with van der Waals surface area (Å²) in [7, 11) is 0. The van der Waals surface area contributed by atoms with Crippen molar-refractivity contribution < 1.29 is 13.9 Å². The van der Waals surface area contributed by atoms with E-state index in [-0.39, 0.29) is 17.8 Å². The van der Waals surface area contributed by atoms with Crippen LogP contribution in [-0.4, -0.2) is 23.6 Å². The Labute approximate surface area is 123 Å². The van der Waals surface area contributed by atoms with Gasteiger partial charge in [0.15, 0.2) is 0 Å². The maximum absolute atomic E-state index is 13.1. The lowest BCUT2D eigenvalue weighted by atomic mass is 9.96. The lowest BCUT2D eigenvalue weighted by Crippen LogP contribution is -2.55. The zero-order valence-electron chi connectivity index (χ0n) is 12.2. The highest BCUT2D eigenvalue weighted by Crippen LogP contribution is 2.36. The second-order valence-electron chi connectivity index (χ2n) is 6.26. The minimum Gasteiger partial charge on any atom is -0.490 e. The predicted molar refractivity (Wildman–Crippen MR) is 77.5 cm³/mol. The minimum absolute atomic E-state index is 0.0621. The third-order valence-electron chi connectivity index (χ3n) is 4.43. The van der Waals surface area contributed by atoms with E-state index in [2.05, 4.69) is 5.32 Å². The van der Waals surface area contributed by atoms with Gasteiger partial charge in [0, 0.05) is 12.5 Å². The molecule has 2 atom stereocenters. The van der Waals surface area contributed by atoms with Crippen LogP contribution in [0.3, 0.4) is 0 Å². The summed E-state index contributed by atoms with van der Waals surface area (Å²) in [6.07, 6.45) is 4.21. The van der Waals surface area contributed by atoms with Gasteiger partial charge >= 0.3 is 0 Å². The summed E-state index contributed by atoms with van der Waals surface area (Å²) < 4.78 is 19.1. The molecular formula is C16H21FN2O2. The van der Waals surface area contributed by atoms with Gasteiger partial charge in [-0.25, -0.2) is 4.39 Å². The quantitative estimate of drug-likeness (QED) is 0.873. The van der Waals surface area contributed by atoms with Gasteiger partial charge in [0.2, 0.25) is 5.91 Å². The fraction of sp³-hybridized carbons (Fsp3) is 0.562. The van der Waals surface area contributed by atoms with Crippen LogP contribution in [0.2, 0.25) is 0 Å². The fourth-order valence-corrected chi connectivity index (χ4v) is 3.07. The van der Waals surface area contributed by atoms with Crippen molar-refractivity contribution in [3.05, 3.63) is 29.6 Å². The van der Waals surface area contributed by atoms with Gasteiger partial charge in [-0.2, -0.15) is 0 Å². The number of nitrogens with two attached hydrogens (primary N) is 1. The SMILES string of the molecule is Cc1cc(F)ccc1OC1CCC(NC2CC2)(C(N)=O)C1. The molecule has 1 aromatic carbocycles. The van der Waals surface area contributed by atoms with Crippen LogP contribution < -0.4 is 15.8 Å². The van der Waals surface area contributed by atoms with Crippen molar-refractivity contribution in [1.29, 1.82) is 0 Å². The van der Waals surface area contributed by atoms with Crippen molar-refractivity contribution in [2.24, 2.45) is 5.73 Å². The molecule has 2 unspecified atom stereocenters. The molecule has 21 heavy (non-hydrogen) atoms. The number of hydrogen-bond acceptors (Lipinski definition) is 3. The van der Waals surface area contributed by atoms with Crippen molar-refractivity contribution in [3.63, 3.8) is 0 Å². The summed E-state index contributed by atoms with van der Waals surface area (Å²) in [6, 6.07) is 4.90. The first-order valence-electron chi connectivity index (χ1n) is 7.49. The first-order chi connectivity index (χ1) is 9.98. The first kappa shape index (κ1) is 14.3. The summed E-state index contributed by atoms with van der Waals surface area (Å²) in [5.74, 6) is 0.109. The average Bonchev–Trinajstić information content (AvgIpc) is 3.12. The maximum Gasteiger partial charge on any atom is 0.237 e. The van der Waals surface area contributed by atoms with Gasteiger partial charge in [-0.05, 0) is 56.4 Å². The number of halogens is 1. The number of rotatable bonds is 5. The highest BCUT2D eigenvalue weighted by atomic mass is 19.1. The van der Waals surface area contributed by atoms with Gasteiger partial charge in [0.25, 0.3) is 0 Å². The second kappa shape index (κ2) is 5.30. The molecule has 0 radical (unpaired) electrons. The molecule has 3 rings (SSSR count). The van der Waals surface area contributed by atoms with Crippen LogP contribution in [0.25, 0.3) is 0 Å². The largest absolute Gasteiger partial charge is 0.490 e. The third-order valence-corrected chi connectivity index (χ3v) is 4.43. The van der Waals surface area contributed by atoms with E-state index in [1.807, 2.05) is 6.92 Å². The normalized spacial score (nSPS) is 28.6. The van der Waals surface area contributed by atoms with Gasteiger partial charge in [0.05, 0.1) is 0 Å². The van der Waals surface area contributed by atoms with Gasteiger partial charge in [0.1, 0.15) is 23.2 Å². The Hall–Kier alpha value is -1.62. The van der Waals surface area contributed by atoms with Gasteiger partial charge < -0.3 is 15.8 Å². The van der Waals surface area contributed by atoms with E-state index in [0.717, 1.165) is 24.8 Å². The molecule has 0 heterocycles. The van der Waals surface area contributed by atoms with Gasteiger partial charge in [-0.3, -0.25) is 4.79 Å². The van der Waals surface area contributed by atoms with Crippen molar-refractivity contribution >= 4 is 5.91 Å². The number of primary amides is 1. The standard InChI is InChI=1S/C16H21FN2O2/c1-10-8-11(17)2-5-14(10)21-13-6-7-16(9-13,15(18)20)19-12-3-4-12/h2,5,8,12-13,19H,3-4,6-7,9H2,1H3,(H2,18,20). The number of nitrogens with one attached hydrogen (secondary N) is 1. The van der Waals surface area contributed by atoms with E-state index in [9.17, 15) is 9.18 Å². The molecule has 1 aromatic rings. The lowest BCUT2D eigenvalue weighted by Gasteiger charge is -2.27. The Morgan fingerprint density at radius 2 is 2.19 bits per heavy atom. The van der Waals surface area contributed by atoms with Crippen LogP contribution in [-0.2, 0) is 4.79 Å². The molecule has 2 aliphatic rings. The van der Waals surface area contributed by atoms with Crippen molar-refractivity contribution in [2.45, 2.75) is 56.7 Å². The summed E-state index contributed by atoms with van der Waals surface area (Å²) in [5.41, 5.74) is 5.73. The monoisotopic (exact) mass is 292 g/mol. The summed E-state index contributed by atoms with van der Waals surface area (Å²) >= 11 is 0. The number of hydrogen-bond donors (Lipinski definition) is 2. The molecule has 0 bridgehead atoms. The van der Waals surface area contributed by atoms with Crippen LogP contribution in [0.4, 0.5) is 4.39 Å². The molecule has 0 saturated heterocycles. The van der Waals surface area contributed by atoms with Crippen molar-refractivity contribution in [1.82, 2.24) is 5.32 Å².